The van der Waals surface area contributed by atoms with Gasteiger partial charge in [-0.3, -0.25) is 9.59 Å². The Labute approximate surface area is 202 Å². The number of hydrogen-bond donors (Lipinski definition) is 0. The molecule has 1 aliphatic rings. The summed E-state index contributed by atoms with van der Waals surface area (Å²) in [5, 5.41) is 0.369. The third-order valence-electron chi connectivity index (χ3n) is 5.22. The quantitative estimate of drug-likeness (QED) is 0.186. The summed E-state index contributed by atoms with van der Waals surface area (Å²) in [6.45, 7) is 4.32. The zero-order valence-corrected chi connectivity index (χ0v) is 20.0. The van der Waals surface area contributed by atoms with Crippen LogP contribution in [0.25, 0.3) is 10.8 Å². The van der Waals surface area contributed by atoms with E-state index < -0.39 is 27.4 Å². The number of thioether (sulfide) groups is 1. The molecule has 0 unspecified atom stereocenters. The van der Waals surface area contributed by atoms with E-state index in [1.807, 2.05) is 32.0 Å². The minimum absolute atomic E-state index is 0.150. The van der Waals surface area contributed by atoms with Crippen molar-refractivity contribution < 1.29 is 40.2 Å². The van der Waals surface area contributed by atoms with Crippen LogP contribution in [0.5, 0.6) is 5.75 Å². The maximum Gasteiger partial charge on any atom is 0.525 e. The van der Waals surface area contributed by atoms with Gasteiger partial charge in [-0.05, 0) is 49.1 Å². The number of hydroxylamine groups is 2. The predicted molar refractivity (Wildman–Crippen MR) is 123 cm³/mol. The van der Waals surface area contributed by atoms with Crippen LogP contribution in [0.15, 0.2) is 53.4 Å². The molecule has 184 valence electrons. The average Bonchev–Trinajstić information content (AvgIpc) is 2.78. The number of alkyl halides is 3. The fourth-order valence-electron chi connectivity index (χ4n) is 3.65. The molecular weight excluding hydrogens is 507 g/mol. The molecule has 0 bridgehead atoms. The number of carbonyl (C=O) groups is 2. The zero-order chi connectivity index (χ0) is 25.5. The highest BCUT2D eigenvalue weighted by atomic mass is 32.2. The molecule has 0 N–H and O–H groups in total. The average molecular weight is 526 g/mol. The van der Waals surface area contributed by atoms with Crippen LogP contribution in [0, 0.1) is 13.8 Å². The van der Waals surface area contributed by atoms with E-state index in [0.717, 1.165) is 16.9 Å². The van der Waals surface area contributed by atoms with E-state index in [-0.39, 0.29) is 21.6 Å². The van der Waals surface area contributed by atoms with Crippen LogP contribution in [0.2, 0.25) is 0 Å². The van der Waals surface area contributed by atoms with E-state index in [4.69, 9.17) is 4.74 Å². The molecule has 0 aromatic heterocycles. The van der Waals surface area contributed by atoms with Crippen LogP contribution in [0.3, 0.4) is 0 Å². The second-order valence-electron chi connectivity index (χ2n) is 7.68. The van der Waals surface area contributed by atoms with Crippen molar-refractivity contribution in [3.05, 3.63) is 70.8 Å². The predicted octanol–water partition coefficient (Wildman–Crippen LogP) is 5.00. The molecule has 3 aromatic carbocycles. The first-order chi connectivity index (χ1) is 16.4. The maximum atomic E-state index is 12.7. The monoisotopic (exact) mass is 525 g/mol. The molecule has 3 aromatic rings. The third-order valence-corrected chi connectivity index (χ3v) is 7.17. The number of ether oxygens (including phenoxy) is 1. The highest BCUT2D eigenvalue weighted by molar-refractivity contribution is 7.99. The van der Waals surface area contributed by atoms with Gasteiger partial charge in [-0.15, -0.1) is 21.1 Å². The Balaban J connectivity index is 1.57. The molecule has 1 heterocycles. The lowest BCUT2D eigenvalue weighted by molar-refractivity contribution is -0.0761. The molecular formula is C23H18F3NO6S2. The Bertz CT molecular complexity index is 1430. The maximum absolute atomic E-state index is 12.7. The van der Waals surface area contributed by atoms with Gasteiger partial charge in [-0.25, -0.2) is 0 Å². The Hall–Kier alpha value is -3.09. The van der Waals surface area contributed by atoms with Crippen molar-refractivity contribution in [2.75, 3.05) is 12.4 Å². The van der Waals surface area contributed by atoms with Crippen LogP contribution in [-0.4, -0.2) is 43.2 Å². The number of imide groups is 1. The van der Waals surface area contributed by atoms with Gasteiger partial charge in [0.15, 0.2) is 0 Å². The van der Waals surface area contributed by atoms with Gasteiger partial charge in [-0.2, -0.15) is 21.6 Å². The van der Waals surface area contributed by atoms with Crippen LogP contribution in [0.1, 0.15) is 31.8 Å². The molecule has 0 saturated heterocycles. The molecule has 4 rings (SSSR count). The van der Waals surface area contributed by atoms with E-state index in [9.17, 15) is 31.2 Å². The first-order valence-electron chi connectivity index (χ1n) is 10.2. The molecule has 7 nitrogen and oxygen atoms in total. The van der Waals surface area contributed by atoms with Gasteiger partial charge in [0, 0.05) is 16.0 Å². The highest BCUT2D eigenvalue weighted by Crippen LogP contribution is 2.37. The number of amides is 2. The summed E-state index contributed by atoms with van der Waals surface area (Å²) in [5.41, 5.74) is -3.98. The van der Waals surface area contributed by atoms with Crippen molar-refractivity contribution in [3.63, 3.8) is 0 Å². The number of nitrogens with zero attached hydrogens (tertiary/aromatic N) is 1. The fourth-order valence-corrected chi connectivity index (χ4v) is 4.94. The number of hydrogen-bond acceptors (Lipinski definition) is 7. The molecule has 2 amide bonds. The molecule has 0 radical (unpaired) electrons. The van der Waals surface area contributed by atoms with Crippen molar-refractivity contribution >= 4 is 44.5 Å². The van der Waals surface area contributed by atoms with Gasteiger partial charge in [-0.1, -0.05) is 29.8 Å². The summed E-state index contributed by atoms with van der Waals surface area (Å²) in [5.74, 6) is -1.31. The fraction of sp³-hybridized carbons (Fsp3) is 0.217. The summed E-state index contributed by atoms with van der Waals surface area (Å²) < 4.78 is 70.7. The Morgan fingerprint density at radius 3 is 2.31 bits per heavy atom. The van der Waals surface area contributed by atoms with Crippen molar-refractivity contribution in [1.82, 2.24) is 5.06 Å². The molecule has 0 fully saturated rings. The van der Waals surface area contributed by atoms with Crippen LogP contribution in [0.4, 0.5) is 13.2 Å². The Morgan fingerprint density at radius 2 is 1.66 bits per heavy atom. The number of halogens is 3. The molecule has 0 atom stereocenters. The smallest absolute Gasteiger partial charge is 0.492 e. The van der Waals surface area contributed by atoms with Crippen molar-refractivity contribution in [2.45, 2.75) is 24.3 Å². The number of rotatable bonds is 7. The highest BCUT2D eigenvalue weighted by Gasteiger charge is 2.51. The van der Waals surface area contributed by atoms with Gasteiger partial charge >= 0.3 is 15.6 Å². The normalized spacial score (nSPS) is 14.0. The lowest BCUT2D eigenvalue weighted by Crippen LogP contribution is -2.44. The van der Waals surface area contributed by atoms with Gasteiger partial charge in [0.05, 0.1) is 17.7 Å². The first-order valence-corrected chi connectivity index (χ1v) is 12.6. The zero-order valence-electron chi connectivity index (χ0n) is 18.4. The minimum atomic E-state index is -6.22. The Morgan fingerprint density at radius 1 is 0.971 bits per heavy atom. The Kier molecular flexibility index (Phi) is 6.56. The summed E-state index contributed by atoms with van der Waals surface area (Å²) in [7, 11) is -6.22. The van der Waals surface area contributed by atoms with Gasteiger partial charge in [0.2, 0.25) is 0 Å². The van der Waals surface area contributed by atoms with Gasteiger partial charge in [0.25, 0.3) is 11.8 Å². The van der Waals surface area contributed by atoms with Crippen LogP contribution < -0.4 is 4.74 Å². The summed E-state index contributed by atoms with van der Waals surface area (Å²) in [6.07, 6.45) is 0. The number of aryl methyl sites for hydroxylation is 2. The lowest BCUT2D eigenvalue weighted by Gasteiger charge is -2.26. The van der Waals surface area contributed by atoms with Crippen molar-refractivity contribution in [2.24, 2.45) is 0 Å². The second kappa shape index (κ2) is 9.17. The SMILES string of the molecule is Cc1ccc(OCCSc2ccc3c4c(cccc24)C(=O)N(OS(=O)(=O)C(F)(F)F)C3=O)c(C)c1. The standard InChI is InChI=1S/C23H18F3NO6S2/c1-13-6-8-18(14(2)12-13)32-10-11-34-19-9-7-17-20-15(19)4-3-5-16(20)21(28)27(22(17)29)33-35(30,31)23(24,25)26/h3-9,12H,10-11H2,1-2H3. The largest absolute Gasteiger partial charge is 0.525 e. The van der Waals surface area contributed by atoms with Crippen LogP contribution in [-0.2, 0) is 14.4 Å². The van der Waals surface area contributed by atoms with E-state index in [2.05, 4.69) is 4.28 Å². The van der Waals surface area contributed by atoms with E-state index in [1.54, 1.807) is 12.1 Å². The third kappa shape index (κ3) is 4.73. The molecule has 0 aliphatic carbocycles. The molecule has 1 aliphatic heterocycles. The van der Waals surface area contributed by atoms with Gasteiger partial charge in [0.1, 0.15) is 5.75 Å². The van der Waals surface area contributed by atoms with Crippen molar-refractivity contribution in [3.8, 4) is 5.75 Å². The summed E-state index contributed by atoms with van der Waals surface area (Å²) in [6, 6.07) is 13.2. The number of carbonyl (C=O) groups excluding carboxylic acids is 2. The first kappa shape index (κ1) is 25.0. The minimum Gasteiger partial charge on any atom is -0.492 e. The van der Waals surface area contributed by atoms with E-state index in [1.165, 1.54) is 30.0 Å². The summed E-state index contributed by atoms with van der Waals surface area (Å²) in [4.78, 5) is 26.2. The molecule has 0 saturated carbocycles. The van der Waals surface area contributed by atoms with Crippen molar-refractivity contribution in [1.29, 1.82) is 0 Å². The molecule has 12 heteroatoms. The van der Waals surface area contributed by atoms with Crippen LogP contribution >= 0.6 is 11.8 Å². The summed E-state index contributed by atoms with van der Waals surface area (Å²) >= 11 is 1.41. The van der Waals surface area contributed by atoms with E-state index in [0.29, 0.717) is 22.6 Å². The molecule has 0 spiro atoms. The van der Waals surface area contributed by atoms with E-state index >= 15 is 0 Å². The molecule has 35 heavy (non-hydrogen) atoms. The lowest BCUT2D eigenvalue weighted by atomic mass is 9.95. The number of benzene rings is 3. The second-order valence-corrected chi connectivity index (χ2v) is 10.3. The topological polar surface area (TPSA) is 90.0 Å². The van der Waals surface area contributed by atoms with Gasteiger partial charge < -0.3 is 4.74 Å².